The summed E-state index contributed by atoms with van der Waals surface area (Å²) in [6.45, 7) is 5.09. The number of nitrogens with zero attached hydrogens (tertiary/aromatic N) is 1. The number of methoxy groups -OCH3 is 1. The Morgan fingerprint density at radius 1 is 1.17 bits per heavy atom. The normalized spacial score (nSPS) is 11.3. The van der Waals surface area contributed by atoms with Crippen molar-refractivity contribution in [2.45, 2.75) is 25.2 Å². The molecule has 2 rings (SSSR count). The van der Waals surface area contributed by atoms with E-state index in [0.29, 0.717) is 18.0 Å². The molecule has 0 atom stereocenters. The van der Waals surface area contributed by atoms with E-state index in [9.17, 15) is 8.42 Å². The van der Waals surface area contributed by atoms with Gasteiger partial charge in [-0.25, -0.2) is 13.4 Å². The van der Waals surface area contributed by atoms with Crippen LogP contribution in [0.1, 0.15) is 17.5 Å². The van der Waals surface area contributed by atoms with Gasteiger partial charge in [0, 0.05) is 20.3 Å². The maximum atomic E-state index is 12.5. The third kappa shape index (κ3) is 4.94. The number of benzene rings is 1. The van der Waals surface area contributed by atoms with Crippen LogP contribution in [-0.2, 0) is 14.8 Å². The summed E-state index contributed by atoms with van der Waals surface area (Å²) < 4.78 is 32.5. The first kappa shape index (κ1) is 18.2. The van der Waals surface area contributed by atoms with E-state index in [1.807, 2.05) is 13.0 Å². The number of hydrogen-bond acceptors (Lipinski definition) is 5. The number of pyridine rings is 1. The van der Waals surface area contributed by atoms with E-state index >= 15 is 0 Å². The van der Waals surface area contributed by atoms with Gasteiger partial charge in [-0.2, -0.15) is 0 Å². The molecule has 0 radical (unpaired) electrons. The topological polar surface area (TPSA) is 80.3 Å². The fourth-order valence-electron chi connectivity index (χ4n) is 2.20. The molecule has 0 saturated carbocycles. The maximum absolute atomic E-state index is 12.5. The van der Waals surface area contributed by atoms with E-state index in [-0.39, 0.29) is 4.90 Å². The van der Waals surface area contributed by atoms with Gasteiger partial charge in [0.25, 0.3) is 10.0 Å². The molecule has 0 saturated heterocycles. The van der Waals surface area contributed by atoms with Crippen molar-refractivity contribution in [2.24, 2.45) is 0 Å². The van der Waals surface area contributed by atoms with Crippen LogP contribution in [0.2, 0.25) is 0 Å². The van der Waals surface area contributed by atoms with Crippen LogP contribution in [0.25, 0.3) is 0 Å². The van der Waals surface area contributed by atoms with Gasteiger partial charge in [-0.1, -0.05) is 12.1 Å². The number of anilines is 2. The van der Waals surface area contributed by atoms with E-state index in [0.717, 1.165) is 24.2 Å². The zero-order valence-corrected chi connectivity index (χ0v) is 15.0. The molecule has 0 bridgehead atoms. The highest BCUT2D eigenvalue weighted by atomic mass is 32.2. The third-order valence-corrected chi connectivity index (χ3v) is 4.99. The van der Waals surface area contributed by atoms with Gasteiger partial charge in [-0.3, -0.25) is 4.72 Å². The van der Waals surface area contributed by atoms with Crippen LogP contribution in [0.5, 0.6) is 0 Å². The average Bonchev–Trinajstić information content (AvgIpc) is 2.55. The van der Waals surface area contributed by atoms with Gasteiger partial charge in [0.1, 0.15) is 5.82 Å². The number of aryl methyl sites for hydroxylation is 2. The standard InChI is InChI=1S/C17H23N3O3S/c1-13-5-6-14(2)16(11-13)24(21,22)20-17-8-7-15(12-19-17)18-9-4-10-23-3/h5-8,11-12,18H,4,9-10H2,1-3H3,(H,19,20). The molecule has 6 nitrogen and oxygen atoms in total. The Balaban J connectivity index is 2.06. The Morgan fingerprint density at radius 2 is 1.96 bits per heavy atom. The van der Waals surface area contributed by atoms with Crippen LogP contribution in [0.15, 0.2) is 41.4 Å². The van der Waals surface area contributed by atoms with Crippen LogP contribution in [0.4, 0.5) is 11.5 Å². The van der Waals surface area contributed by atoms with Crippen molar-refractivity contribution in [2.75, 3.05) is 30.3 Å². The molecular weight excluding hydrogens is 326 g/mol. The SMILES string of the molecule is COCCCNc1ccc(NS(=O)(=O)c2cc(C)ccc2C)nc1. The van der Waals surface area contributed by atoms with E-state index in [2.05, 4.69) is 15.0 Å². The second kappa shape index (κ2) is 8.12. The number of ether oxygens (including phenoxy) is 1. The zero-order valence-electron chi connectivity index (χ0n) is 14.2. The van der Waals surface area contributed by atoms with Crippen LogP contribution >= 0.6 is 0 Å². The van der Waals surface area contributed by atoms with Crippen molar-refractivity contribution >= 4 is 21.5 Å². The van der Waals surface area contributed by atoms with Crippen molar-refractivity contribution in [3.8, 4) is 0 Å². The van der Waals surface area contributed by atoms with Gasteiger partial charge in [-0.05, 0) is 49.6 Å². The van der Waals surface area contributed by atoms with Gasteiger partial charge in [-0.15, -0.1) is 0 Å². The Labute approximate surface area is 143 Å². The summed E-state index contributed by atoms with van der Waals surface area (Å²) in [5.41, 5.74) is 2.43. The van der Waals surface area contributed by atoms with Crippen molar-refractivity contribution in [1.82, 2.24) is 4.98 Å². The Hall–Kier alpha value is -2.12. The molecule has 2 N–H and O–H groups in total. The van der Waals surface area contributed by atoms with Crippen molar-refractivity contribution in [3.63, 3.8) is 0 Å². The van der Waals surface area contributed by atoms with Gasteiger partial charge >= 0.3 is 0 Å². The van der Waals surface area contributed by atoms with Crippen molar-refractivity contribution < 1.29 is 13.2 Å². The molecule has 1 aromatic heterocycles. The first-order valence-corrected chi connectivity index (χ1v) is 9.19. The zero-order chi connectivity index (χ0) is 17.6. The predicted octanol–water partition coefficient (Wildman–Crippen LogP) is 2.95. The predicted molar refractivity (Wildman–Crippen MR) is 95.9 cm³/mol. The largest absolute Gasteiger partial charge is 0.385 e. The summed E-state index contributed by atoms with van der Waals surface area (Å²) in [4.78, 5) is 4.43. The lowest BCUT2D eigenvalue weighted by Crippen LogP contribution is -2.15. The van der Waals surface area contributed by atoms with E-state index < -0.39 is 10.0 Å². The summed E-state index contributed by atoms with van der Waals surface area (Å²) in [5, 5.41) is 3.20. The number of rotatable bonds is 8. The Bertz CT molecular complexity index is 774. The van der Waals surface area contributed by atoms with Crippen molar-refractivity contribution in [3.05, 3.63) is 47.7 Å². The molecule has 1 aromatic carbocycles. The molecule has 2 aromatic rings. The summed E-state index contributed by atoms with van der Waals surface area (Å²) >= 11 is 0. The lowest BCUT2D eigenvalue weighted by molar-refractivity contribution is 0.198. The van der Waals surface area contributed by atoms with Crippen LogP contribution < -0.4 is 10.0 Å². The highest BCUT2D eigenvalue weighted by Gasteiger charge is 2.17. The lowest BCUT2D eigenvalue weighted by Gasteiger charge is -2.11. The molecule has 0 aliphatic carbocycles. The summed E-state index contributed by atoms with van der Waals surface area (Å²) in [7, 11) is -1.99. The minimum Gasteiger partial charge on any atom is -0.385 e. The smallest absolute Gasteiger partial charge is 0.263 e. The van der Waals surface area contributed by atoms with Crippen LogP contribution in [-0.4, -0.2) is 33.7 Å². The second-order valence-electron chi connectivity index (χ2n) is 5.58. The highest BCUT2D eigenvalue weighted by Crippen LogP contribution is 2.20. The molecule has 7 heteroatoms. The third-order valence-electron chi connectivity index (χ3n) is 3.49. The van der Waals surface area contributed by atoms with Crippen molar-refractivity contribution in [1.29, 1.82) is 0 Å². The van der Waals surface area contributed by atoms with Gasteiger partial charge in [0.05, 0.1) is 16.8 Å². The molecule has 0 aliphatic heterocycles. The maximum Gasteiger partial charge on any atom is 0.263 e. The molecule has 1 heterocycles. The monoisotopic (exact) mass is 349 g/mol. The van der Waals surface area contributed by atoms with E-state index in [4.69, 9.17) is 4.74 Å². The average molecular weight is 349 g/mol. The first-order chi connectivity index (χ1) is 11.4. The van der Waals surface area contributed by atoms with E-state index in [1.54, 1.807) is 44.5 Å². The van der Waals surface area contributed by atoms with Gasteiger partial charge in [0.2, 0.25) is 0 Å². The minimum atomic E-state index is -3.65. The van der Waals surface area contributed by atoms with Crippen LogP contribution in [0, 0.1) is 13.8 Å². The molecule has 0 spiro atoms. The number of hydrogen-bond donors (Lipinski definition) is 2. The minimum absolute atomic E-state index is 0.270. The summed E-state index contributed by atoms with van der Waals surface area (Å²) in [6.07, 6.45) is 2.49. The van der Waals surface area contributed by atoms with E-state index in [1.165, 1.54) is 0 Å². The number of nitrogens with one attached hydrogen (secondary N) is 2. The highest BCUT2D eigenvalue weighted by molar-refractivity contribution is 7.92. The van der Waals surface area contributed by atoms with Gasteiger partial charge in [0.15, 0.2) is 0 Å². The summed E-state index contributed by atoms with van der Waals surface area (Å²) in [6, 6.07) is 8.77. The lowest BCUT2D eigenvalue weighted by atomic mass is 10.2. The Kier molecular flexibility index (Phi) is 6.16. The first-order valence-electron chi connectivity index (χ1n) is 7.71. The number of sulfonamides is 1. The van der Waals surface area contributed by atoms with Gasteiger partial charge < -0.3 is 10.1 Å². The molecule has 0 fully saturated rings. The fraction of sp³-hybridized carbons (Fsp3) is 0.353. The Morgan fingerprint density at radius 3 is 2.62 bits per heavy atom. The number of aromatic nitrogens is 1. The molecule has 24 heavy (non-hydrogen) atoms. The molecule has 130 valence electrons. The summed E-state index contributed by atoms with van der Waals surface area (Å²) in [5.74, 6) is 0.290. The molecule has 0 amide bonds. The second-order valence-corrected chi connectivity index (χ2v) is 7.23. The quantitative estimate of drug-likeness (QED) is 0.716. The molecular formula is C17H23N3O3S. The molecule has 0 unspecified atom stereocenters. The fourth-order valence-corrected chi connectivity index (χ4v) is 3.54. The van der Waals surface area contributed by atoms with Crippen LogP contribution in [0.3, 0.4) is 0 Å². The molecule has 0 aliphatic rings.